The van der Waals surface area contributed by atoms with E-state index in [0.717, 1.165) is 23.6 Å². The van der Waals surface area contributed by atoms with Crippen molar-refractivity contribution in [3.63, 3.8) is 0 Å². The van der Waals surface area contributed by atoms with Crippen molar-refractivity contribution in [2.24, 2.45) is 5.10 Å². The first-order chi connectivity index (χ1) is 15.7. The Kier molecular flexibility index (Phi) is 10.2. The molecule has 0 atom stereocenters. The van der Waals surface area contributed by atoms with Gasteiger partial charge in [-0.2, -0.15) is 5.10 Å². The van der Waals surface area contributed by atoms with E-state index in [2.05, 4.69) is 68.2 Å². The molecule has 1 aromatic heterocycles. The molecule has 3 nitrogen and oxygen atoms in total. The number of nitrogens with zero attached hydrogens (tertiary/aromatic N) is 3. The van der Waals surface area contributed by atoms with Crippen LogP contribution < -0.4 is 5.01 Å². The summed E-state index contributed by atoms with van der Waals surface area (Å²) in [5.41, 5.74) is 4.75. The Morgan fingerprint density at radius 1 is 0.875 bits per heavy atom. The van der Waals surface area contributed by atoms with Gasteiger partial charge in [0.2, 0.25) is 5.13 Å². The molecule has 32 heavy (non-hydrogen) atoms. The zero-order chi connectivity index (χ0) is 22.6. The largest absolute Gasteiger partial charge is 0.239 e. The molecule has 0 aliphatic heterocycles. The topological polar surface area (TPSA) is 28.5 Å². The highest BCUT2D eigenvalue weighted by molar-refractivity contribution is 7.22. The molecule has 3 aromatic rings. The number of thiazole rings is 1. The lowest BCUT2D eigenvalue weighted by atomic mass is 10.1. The van der Waals surface area contributed by atoms with E-state index >= 15 is 0 Å². The van der Waals surface area contributed by atoms with Gasteiger partial charge in [-0.1, -0.05) is 112 Å². The van der Waals surface area contributed by atoms with E-state index in [4.69, 9.17) is 10.1 Å². The predicted octanol–water partition coefficient (Wildman–Crippen LogP) is 8.67. The number of aryl methyl sites for hydroxylation is 2. The van der Waals surface area contributed by atoms with Crippen LogP contribution in [0.25, 0.3) is 10.2 Å². The highest BCUT2D eigenvalue weighted by Crippen LogP contribution is 2.29. The highest BCUT2D eigenvalue weighted by atomic mass is 32.1. The molecule has 0 saturated carbocycles. The standard InChI is InChI=1S/C28H39N3S/c1-4-5-6-7-8-9-10-11-12-15-20-31(28-30-26-16-13-14-17-27(26)32-28)29-22-25-21-23(2)18-19-24(25)3/h13-14,16-19,21-22H,4-12,15,20H2,1-3H3/b29-22+. The number of para-hydroxylation sites is 1. The second-order valence-corrected chi connectivity index (χ2v) is 9.88. The number of anilines is 1. The molecule has 0 N–H and O–H groups in total. The third kappa shape index (κ3) is 7.74. The fourth-order valence-electron chi connectivity index (χ4n) is 3.95. The van der Waals surface area contributed by atoms with Crippen molar-refractivity contribution in [2.45, 2.75) is 85.0 Å². The summed E-state index contributed by atoms with van der Waals surface area (Å²) in [6.45, 7) is 7.47. The maximum atomic E-state index is 4.89. The minimum absolute atomic E-state index is 0.914. The van der Waals surface area contributed by atoms with Crippen LogP contribution in [0.2, 0.25) is 0 Å². The summed E-state index contributed by atoms with van der Waals surface area (Å²) in [7, 11) is 0. The van der Waals surface area contributed by atoms with Crippen molar-refractivity contribution in [1.82, 2.24) is 4.98 Å². The molecule has 0 amide bonds. The first-order valence-corrected chi connectivity index (χ1v) is 13.2. The van der Waals surface area contributed by atoms with E-state index in [1.54, 1.807) is 11.3 Å². The second-order valence-electron chi connectivity index (χ2n) is 8.87. The zero-order valence-electron chi connectivity index (χ0n) is 20.1. The molecule has 1 heterocycles. The van der Waals surface area contributed by atoms with E-state index in [1.807, 2.05) is 6.21 Å². The van der Waals surface area contributed by atoms with Crippen molar-refractivity contribution in [1.29, 1.82) is 0 Å². The predicted molar refractivity (Wildman–Crippen MR) is 142 cm³/mol. The maximum absolute atomic E-state index is 4.89. The van der Waals surface area contributed by atoms with Gasteiger partial charge in [0.25, 0.3) is 0 Å². The lowest BCUT2D eigenvalue weighted by Gasteiger charge is -2.16. The quantitative estimate of drug-likeness (QED) is 0.140. The molecule has 0 unspecified atom stereocenters. The molecular weight excluding hydrogens is 410 g/mol. The normalized spacial score (nSPS) is 11.6. The fraction of sp³-hybridized carbons (Fsp3) is 0.500. The van der Waals surface area contributed by atoms with Crippen molar-refractivity contribution >= 4 is 32.9 Å². The molecule has 0 bridgehead atoms. The van der Waals surface area contributed by atoms with E-state index in [9.17, 15) is 0 Å². The third-order valence-electron chi connectivity index (χ3n) is 6.00. The van der Waals surface area contributed by atoms with Crippen molar-refractivity contribution < 1.29 is 0 Å². The van der Waals surface area contributed by atoms with Crippen LogP contribution in [-0.2, 0) is 0 Å². The number of hydrogen-bond acceptors (Lipinski definition) is 4. The molecule has 172 valence electrons. The van der Waals surface area contributed by atoms with E-state index in [-0.39, 0.29) is 0 Å². The summed E-state index contributed by atoms with van der Waals surface area (Å²) < 4.78 is 1.22. The minimum Gasteiger partial charge on any atom is -0.239 e. The Bertz CT molecular complexity index is 943. The van der Waals surface area contributed by atoms with Gasteiger partial charge < -0.3 is 0 Å². The van der Waals surface area contributed by atoms with E-state index in [1.165, 1.54) is 79.2 Å². The molecule has 0 fully saturated rings. The smallest absolute Gasteiger partial charge is 0.207 e. The van der Waals surface area contributed by atoms with Crippen molar-refractivity contribution in [3.05, 3.63) is 59.2 Å². The van der Waals surface area contributed by atoms with Gasteiger partial charge >= 0.3 is 0 Å². The third-order valence-corrected chi connectivity index (χ3v) is 7.05. The number of unbranched alkanes of at least 4 members (excludes halogenated alkanes) is 9. The van der Waals surface area contributed by atoms with Crippen LogP contribution in [0.4, 0.5) is 5.13 Å². The molecular formula is C28H39N3S. The average Bonchev–Trinajstić information content (AvgIpc) is 3.23. The number of fused-ring (bicyclic) bond motifs is 1. The summed E-state index contributed by atoms with van der Waals surface area (Å²) >= 11 is 1.73. The molecule has 0 radical (unpaired) electrons. The lowest BCUT2D eigenvalue weighted by molar-refractivity contribution is 0.555. The van der Waals surface area contributed by atoms with E-state index in [0.29, 0.717) is 0 Å². The van der Waals surface area contributed by atoms with Gasteiger partial charge in [-0.15, -0.1) is 0 Å². The second kappa shape index (κ2) is 13.4. The first kappa shape index (κ1) is 24.4. The van der Waals surface area contributed by atoms with Gasteiger partial charge in [0, 0.05) is 6.54 Å². The molecule has 0 spiro atoms. The van der Waals surface area contributed by atoms with Gasteiger partial charge in [-0.05, 0) is 43.5 Å². The molecule has 0 aliphatic rings. The van der Waals surface area contributed by atoms with Crippen molar-refractivity contribution in [3.8, 4) is 0 Å². The average molecular weight is 450 g/mol. The number of hydrogen-bond donors (Lipinski definition) is 0. The van der Waals surface area contributed by atoms with Gasteiger partial charge in [0.1, 0.15) is 0 Å². The summed E-state index contributed by atoms with van der Waals surface area (Å²) in [5.74, 6) is 0. The maximum Gasteiger partial charge on any atom is 0.207 e. The highest BCUT2D eigenvalue weighted by Gasteiger charge is 2.11. The Hall–Kier alpha value is -2.20. The first-order valence-electron chi connectivity index (χ1n) is 12.4. The van der Waals surface area contributed by atoms with E-state index < -0.39 is 0 Å². The minimum atomic E-state index is 0.914. The molecule has 0 aliphatic carbocycles. The van der Waals surface area contributed by atoms with Crippen molar-refractivity contribution in [2.75, 3.05) is 11.6 Å². The Labute approximate surface area is 198 Å². The summed E-state index contributed by atoms with van der Waals surface area (Å²) in [6, 6.07) is 14.9. The monoisotopic (exact) mass is 449 g/mol. The summed E-state index contributed by atoms with van der Waals surface area (Å²) in [6.07, 6.45) is 15.4. The lowest BCUT2D eigenvalue weighted by Crippen LogP contribution is -2.18. The molecule has 4 heteroatoms. The Balaban J connectivity index is 1.56. The van der Waals surface area contributed by atoms with Crippen LogP contribution in [0, 0.1) is 13.8 Å². The van der Waals surface area contributed by atoms with Crippen LogP contribution in [0.3, 0.4) is 0 Å². The molecule has 2 aromatic carbocycles. The number of aromatic nitrogens is 1. The van der Waals surface area contributed by atoms with Crippen LogP contribution in [0.5, 0.6) is 0 Å². The Morgan fingerprint density at radius 3 is 2.28 bits per heavy atom. The SMILES string of the molecule is CCCCCCCCCCCCN(/N=C/c1cc(C)ccc1C)c1nc2ccccc2s1. The molecule has 3 rings (SSSR count). The zero-order valence-corrected chi connectivity index (χ0v) is 21.0. The van der Waals surface area contributed by atoms with Crippen LogP contribution >= 0.6 is 11.3 Å². The molecule has 0 saturated heterocycles. The Morgan fingerprint density at radius 2 is 1.56 bits per heavy atom. The summed E-state index contributed by atoms with van der Waals surface area (Å²) in [5, 5.41) is 7.99. The van der Waals surface area contributed by atoms with Gasteiger partial charge in [-0.3, -0.25) is 0 Å². The van der Waals surface area contributed by atoms with Gasteiger partial charge in [0.15, 0.2) is 0 Å². The van der Waals surface area contributed by atoms with Crippen LogP contribution in [0.15, 0.2) is 47.6 Å². The number of rotatable bonds is 14. The summed E-state index contributed by atoms with van der Waals surface area (Å²) in [4.78, 5) is 4.86. The number of benzene rings is 2. The van der Waals surface area contributed by atoms with Gasteiger partial charge in [-0.25, -0.2) is 9.99 Å². The fourth-order valence-corrected chi connectivity index (χ4v) is 4.90. The van der Waals surface area contributed by atoms with Crippen LogP contribution in [-0.4, -0.2) is 17.7 Å². The number of hydrazone groups is 1. The van der Waals surface area contributed by atoms with Crippen LogP contribution in [0.1, 0.15) is 87.8 Å². The van der Waals surface area contributed by atoms with Gasteiger partial charge in [0.05, 0.1) is 16.4 Å².